The Morgan fingerprint density at radius 3 is 2.84 bits per heavy atom. The van der Waals surface area contributed by atoms with Gasteiger partial charge in [-0.1, -0.05) is 25.5 Å². The number of ether oxygens (including phenoxy) is 2. The molecule has 1 saturated carbocycles. The summed E-state index contributed by atoms with van der Waals surface area (Å²) < 4.78 is 11.3. The largest absolute Gasteiger partial charge is 0.425 e. The summed E-state index contributed by atoms with van der Waals surface area (Å²) in [5.74, 6) is -0.381. The monoisotopic (exact) mass is 262 g/mol. The molecule has 1 heterocycles. The molecule has 0 saturated heterocycles. The Morgan fingerprint density at radius 2 is 2.21 bits per heavy atom. The maximum atomic E-state index is 11.7. The molecule has 0 unspecified atom stereocenters. The van der Waals surface area contributed by atoms with Gasteiger partial charge in [0.2, 0.25) is 5.79 Å². The van der Waals surface area contributed by atoms with Crippen molar-refractivity contribution in [3.63, 3.8) is 0 Å². The van der Waals surface area contributed by atoms with Crippen LogP contribution in [-0.4, -0.2) is 18.9 Å². The molecular formula is C16H22O3. The van der Waals surface area contributed by atoms with Gasteiger partial charge in [0.1, 0.15) is 0 Å². The van der Waals surface area contributed by atoms with Gasteiger partial charge in [0.05, 0.1) is 0 Å². The number of methoxy groups -OCH3 is 1. The molecule has 3 aliphatic carbocycles. The van der Waals surface area contributed by atoms with E-state index >= 15 is 0 Å². The second-order valence-corrected chi connectivity index (χ2v) is 6.47. The van der Waals surface area contributed by atoms with Crippen molar-refractivity contribution in [2.75, 3.05) is 7.11 Å². The lowest BCUT2D eigenvalue weighted by Crippen LogP contribution is -2.48. The van der Waals surface area contributed by atoms with Gasteiger partial charge in [-0.3, -0.25) is 0 Å². The molecule has 104 valence electrons. The van der Waals surface area contributed by atoms with Gasteiger partial charge in [-0.25, -0.2) is 4.79 Å². The molecule has 0 spiro atoms. The van der Waals surface area contributed by atoms with E-state index in [1.165, 1.54) is 5.57 Å². The number of rotatable bonds is 1. The van der Waals surface area contributed by atoms with Gasteiger partial charge in [-0.05, 0) is 37.5 Å². The molecule has 0 aromatic carbocycles. The summed E-state index contributed by atoms with van der Waals surface area (Å²) in [6, 6.07) is 0. The molecule has 3 nitrogen and oxygen atoms in total. The van der Waals surface area contributed by atoms with Crippen molar-refractivity contribution >= 4 is 5.97 Å². The molecule has 0 aromatic heterocycles. The second kappa shape index (κ2) is 3.95. The zero-order valence-electron chi connectivity index (χ0n) is 12.2. The molecule has 0 N–H and O–H groups in total. The van der Waals surface area contributed by atoms with Gasteiger partial charge < -0.3 is 9.47 Å². The van der Waals surface area contributed by atoms with Crippen LogP contribution in [0.3, 0.4) is 0 Å². The van der Waals surface area contributed by atoms with Crippen molar-refractivity contribution in [1.82, 2.24) is 0 Å². The minimum atomic E-state index is -0.839. The quantitative estimate of drug-likeness (QED) is 0.537. The van der Waals surface area contributed by atoms with Crippen LogP contribution < -0.4 is 0 Å². The number of hydrogen-bond donors (Lipinski definition) is 0. The summed E-state index contributed by atoms with van der Waals surface area (Å²) in [6.07, 6.45) is 6.85. The van der Waals surface area contributed by atoms with Gasteiger partial charge in [-0.2, -0.15) is 0 Å². The maximum absolute atomic E-state index is 11.7. The van der Waals surface area contributed by atoms with Gasteiger partial charge in [-0.15, -0.1) is 0 Å². The minimum absolute atomic E-state index is 0.138. The third-order valence-corrected chi connectivity index (χ3v) is 5.74. The molecule has 4 aliphatic rings. The second-order valence-electron chi connectivity index (χ2n) is 6.47. The fraction of sp³-hybridized carbons (Fsp3) is 0.688. The highest BCUT2D eigenvalue weighted by Crippen LogP contribution is 2.55. The van der Waals surface area contributed by atoms with Crippen LogP contribution in [0.15, 0.2) is 23.3 Å². The van der Waals surface area contributed by atoms with E-state index in [1.807, 2.05) is 0 Å². The molecular weight excluding hydrogens is 240 g/mol. The maximum Gasteiger partial charge on any atom is 0.333 e. The van der Waals surface area contributed by atoms with Crippen LogP contribution in [0.25, 0.3) is 0 Å². The fourth-order valence-corrected chi connectivity index (χ4v) is 4.06. The molecule has 4 atom stereocenters. The van der Waals surface area contributed by atoms with E-state index in [2.05, 4.69) is 26.8 Å². The van der Waals surface area contributed by atoms with E-state index in [0.29, 0.717) is 5.92 Å². The number of carbonyl (C=O) groups is 1. The van der Waals surface area contributed by atoms with Crippen LogP contribution in [0.2, 0.25) is 0 Å². The van der Waals surface area contributed by atoms with Crippen LogP contribution in [0, 0.1) is 17.3 Å². The molecule has 1 aliphatic heterocycles. The van der Waals surface area contributed by atoms with Crippen molar-refractivity contribution in [2.45, 2.75) is 45.8 Å². The summed E-state index contributed by atoms with van der Waals surface area (Å²) in [4.78, 5) is 11.7. The highest BCUT2D eigenvalue weighted by Gasteiger charge is 2.55. The molecule has 1 fully saturated rings. The highest BCUT2D eigenvalue weighted by atomic mass is 16.7. The van der Waals surface area contributed by atoms with Crippen molar-refractivity contribution < 1.29 is 14.3 Å². The number of allylic oxidation sites excluding steroid dienone is 1. The van der Waals surface area contributed by atoms with E-state index in [0.717, 1.165) is 24.8 Å². The van der Waals surface area contributed by atoms with Crippen LogP contribution >= 0.6 is 0 Å². The van der Waals surface area contributed by atoms with E-state index in [1.54, 1.807) is 13.2 Å². The first-order valence-electron chi connectivity index (χ1n) is 7.10. The first-order chi connectivity index (χ1) is 8.92. The Morgan fingerprint density at radius 1 is 1.47 bits per heavy atom. The predicted octanol–water partition coefficient (Wildman–Crippen LogP) is 3.21. The average molecular weight is 262 g/mol. The number of fused-ring (bicyclic) bond motifs is 2. The summed E-state index contributed by atoms with van der Waals surface area (Å²) >= 11 is 0. The van der Waals surface area contributed by atoms with Crippen molar-refractivity contribution in [2.24, 2.45) is 17.3 Å². The minimum Gasteiger partial charge on any atom is -0.425 e. The first-order valence-corrected chi connectivity index (χ1v) is 7.10. The fourth-order valence-electron chi connectivity index (χ4n) is 4.06. The van der Waals surface area contributed by atoms with E-state index in [4.69, 9.17) is 9.47 Å². The molecule has 19 heavy (non-hydrogen) atoms. The highest BCUT2D eigenvalue weighted by molar-refractivity contribution is 5.86. The lowest BCUT2D eigenvalue weighted by Gasteiger charge is -2.49. The standard InChI is InChI=1S/C16H22O3/c1-10-7-13-8-11(2)15(10,3)6-5-12-9-14(17)19-16(12,13)18-4/h7,9,11,13H,5-6,8H2,1-4H3/t11-,13-,15+,16+/m0/s1. The van der Waals surface area contributed by atoms with Crippen molar-refractivity contribution in [3.8, 4) is 0 Å². The van der Waals surface area contributed by atoms with Gasteiger partial charge >= 0.3 is 5.97 Å². The zero-order valence-corrected chi connectivity index (χ0v) is 12.2. The lowest BCUT2D eigenvalue weighted by atomic mass is 9.59. The average Bonchev–Trinajstić information content (AvgIpc) is 2.69. The van der Waals surface area contributed by atoms with E-state index in [-0.39, 0.29) is 17.3 Å². The SMILES string of the molecule is CO[C@@]12OC(=O)C=C1CC[C@]1(C)C(C)=C[C@H]2C[C@@H]1C. The first kappa shape index (κ1) is 12.9. The molecule has 2 bridgehead atoms. The summed E-state index contributed by atoms with van der Waals surface area (Å²) in [6.45, 7) is 6.85. The molecule has 0 amide bonds. The number of esters is 1. The molecule has 4 rings (SSSR count). The third-order valence-electron chi connectivity index (χ3n) is 5.74. The zero-order chi connectivity index (χ0) is 13.8. The van der Waals surface area contributed by atoms with Crippen molar-refractivity contribution in [3.05, 3.63) is 23.3 Å². The van der Waals surface area contributed by atoms with Crippen LogP contribution in [-0.2, 0) is 14.3 Å². The normalized spacial score (nSPS) is 44.9. The Hall–Kier alpha value is -1.09. The summed E-state index contributed by atoms with van der Waals surface area (Å²) in [5, 5.41) is 0. The third kappa shape index (κ3) is 1.57. The summed E-state index contributed by atoms with van der Waals surface area (Å²) in [5.41, 5.74) is 2.67. The van der Waals surface area contributed by atoms with E-state index in [9.17, 15) is 4.79 Å². The Bertz CT molecular complexity index is 490. The lowest BCUT2D eigenvalue weighted by molar-refractivity contribution is -0.213. The number of carbonyl (C=O) groups excluding carboxylic acids is 1. The van der Waals surface area contributed by atoms with Crippen molar-refractivity contribution in [1.29, 1.82) is 0 Å². The van der Waals surface area contributed by atoms with E-state index < -0.39 is 5.79 Å². The Balaban J connectivity index is 2.13. The van der Waals surface area contributed by atoms with Crippen LogP contribution in [0.4, 0.5) is 0 Å². The van der Waals surface area contributed by atoms with Gasteiger partial charge in [0.25, 0.3) is 0 Å². The summed E-state index contributed by atoms with van der Waals surface area (Å²) in [7, 11) is 1.65. The van der Waals surface area contributed by atoms with Crippen LogP contribution in [0.5, 0.6) is 0 Å². The van der Waals surface area contributed by atoms with Crippen LogP contribution in [0.1, 0.15) is 40.0 Å². The Labute approximate surface area is 114 Å². The molecule has 3 heteroatoms. The van der Waals surface area contributed by atoms with Gasteiger partial charge in [0.15, 0.2) is 0 Å². The number of hydrogen-bond acceptors (Lipinski definition) is 3. The molecule has 0 aromatic rings. The topological polar surface area (TPSA) is 35.5 Å². The smallest absolute Gasteiger partial charge is 0.333 e. The van der Waals surface area contributed by atoms with Gasteiger partial charge in [0, 0.05) is 24.7 Å². The predicted molar refractivity (Wildman–Crippen MR) is 72.3 cm³/mol. The molecule has 0 radical (unpaired) electrons. The Kier molecular flexibility index (Phi) is 2.69.